The van der Waals surface area contributed by atoms with Gasteiger partial charge in [-0.15, -0.1) is 0 Å². The third-order valence-electron chi connectivity index (χ3n) is 12.4. The standard InChI is InChI=1S/C32H43NO5/c1-8-38-26(36)31-13-11-27(3,4)17-23(31)32(37)24(34)15-22-28(5)16-20(18-33)25(35)19(2)21(28)9-10-29(22,6)30(32,7)12-14-31/h15-16,19,21,23,37H,8-14,17H2,1-7H3/t19-,21-,23+,28-,29+,30-,31-,32+/m0/s1. The third kappa shape index (κ3) is 3.06. The number of carbonyl (C=O) groups excluding carboxylic acids is 3. The molecule has 0 bridgehead atoms. The number of carbonyl (C=O) groups is 3. The number of rotatable bonds is 2. The smallest absolute Gasteiger partial charge is 0.312 e. The monoisotopic (exact) mass is 521 g/mol. The van der Waals surface area contributed by atoms with Crippen molar-refractivity contribution in [3.63, 3.8) is 0 Å². The first-order valence-electron chi connectivity index (χ1n) is 14.4. The number of fused-ring (bicyclic) bond motifs is 7. The molecule has 0 radical (unpaired) electrons. The van der Waals surface area contributed by atoms with Crippen LogP contribution in [0, 0.1) is 56.2 Å². The number of hydrogen-bond acceptors (Lipinski definition) is 6. The van der Waals surface area contributed by atoms with E-state index in [-0.39, 0.29) is 47.0 Å². The largest absolute Gasteiger partial charge is 0.466 e. The van der Waals surface area contributed by atoms with E-state index in [9.17, 15) is 24.8 Å². The van der Waals surface area contributed by atoms with E-state index in [2.05, 4.69) is 40.7 Å². The number of esters is 1. The predicted octanol–water partition coefficient (Wildman–Crippen LogP) is 5.49. The highest BCUT2D eigenvalue weighted by Crippen LogP contribution is 2.75. The average molecular weight is 522 g/mol. The number of ether oxygens (including phenoxy) is 1. The van der Waals surface area contributed by atoms with Gasteiger partial charge in [-0.25, -0.2) is 0 Å². The second kappa shape index (κ2) is 8.13. The van der Waals surface area contributed by atoms with E-state index in [4.69, 9.17) is 4.74 Å². The van der Waals surface area contributed by atoms with Crippen molar-refractivity contribution in [1.82, 2.24) is 0 Å². The van der Waals surface area contributed by atoms with E-state index in [0.29, 0.717) is 25.7 Å². The number of Topliss-reactive ketones (excluding diaryl/α,β-unsaturated/α-hetero) is 1. The zero-order valence-electron chi connectivity index (χ0n) is 24.1. The summed E-state index contributed by atoms with van der Waals surface area (Å²) in [6.45, 7) is 14.6. The minimum atomic E-state index is -1.71. The van der Waals surface area contributed by atoms with Crippen LogP contribution in [0.25, 0.3) is 0 Å². The molecule has 0 aromatic heterocycles. The maximum atomic E-state index is 14.4. The van der Waals surface area contributed by atoms with Gasteiger partial charge in [0.25, 0.3) is 0 Å². The van der Waals surface area contributed by atoms with E-state index in [1.165, 1.54) is 0 Å². The summed E-state index contributed by atoms with van der Waals surface area (Å²) in [5.74, 6) is -1.59. The molecule has 3 saturated carbocycles. The summed E-state index contributed by atoms with van der Waals surface area (Å²) in [7, 11) is 0. The van der Waals surface area contributed by atoms with Gasteiger partial charge in [-0.05, 0) is 80.3 Å². The Hall–Kier alpha value is -2.26. The van der Waals surface area contributed by atoms with Gasteiger partial charge in [-0.1, -0.05) is 47.6 Å². The molecule has 206 valence electrons. The number of allylic oxidation sites excluding steroid dienone is 3. The molecular weight excluding hydrogens is 478 g/mol. The molecule has 0 spiro atoms. The van der Waals surface area contributed by atoms with Crippen molar-refractivity contribution in [3.8, 4) is 6.07 Å². The highest BCUT2D eigenvalue weighted by Gasteiger charge is 2.76. The summed E-state index contributed by atoms with van der Waals surface area (Å²) in [5.41, 5.74) is -3.59. The second-order valence-electron chi connectivity index (χ2n) is 14.4. The Bertz CT molecular complexity index is 1220. The molecule has 8 atom stereocenters. The SMILES string of the molecule is CCOC(=O)[C@]12CCC(C)(C)C[C@H]1[C@@]1(O)C(=O)C=C3[C@@]4(C)C=C(C#N)C(=O)[C@@H](C)[C@@H]4CC[C@@]3(C)[C@]1(C)CC2. The maximum Gasteiger partial charge on any atom is 0.312 e. The minimum absolute atomic E-state index is 0.00940. The van der Waals surface area contributed by atoms with Crippen molar-refractivity contribution in [3.05, 3.63) is 23.3 Å². The van der Waals surface area contributed by atoms with Crippen LogP contribution in [0.5, 0.6) is 0 Å². The van der Waals surface area contributed by atoms with Gasteiger partial charge in [-0.2, -0.15) is 5.26 Å². The zero-order valence-corrected chi connectivity index (χ0v) is 24.1. The molecule has 0 aliphatic heterocycles. The van der Waals surface area contributed by atoms with Gasteiger partial charge >= 0.3 is 5.97 Å². The van der Waals surface area contributed by atoms with Gasteiger partial charge in [0, 0.05) is 22.7 Å². The number of ketones is 2. The summed E-state index contributed by atoms with van der Waals surface area (Å²) < 4.78 is 5.62. The molecule has 0 aromatic carbocycles. The van der Waals surface area contributed by atoms with E-state index in [1.807, 2.05) is 6.92 Å². The lowest BCUT2D eigenvalue weighted by atomic mass is 9.33. The summed E-state index contributed by atoms with van der Waals surface area (Å²) in [6, 6.07) is 2.11. The van der Waals surface area contributed by atoms with Crippen molar-refractivity contribution in [2.45, 2.75) is 99.0 Å². The topological polar surface area (TPSA) is 104 Å². The van der Waals surface area contributed by atoms with E-state index < -0.39 is 33.2 Å². The fourth-order valence-corrected chi connectivity index (χ4v) is 9.88. The first-order chi connectivity index (χ1) is 17.6. The van der Waals surface area contributed by atoms with Gasteiger partial charge in [-0.3, -0.25) is 14.4 Å². The number of nitrogens with zero attached hydrogens (tertiary/aromatic N) is 1. The van der Waals surface area contributed by atoms with Crippen LogP contribution in [-0.2, 0) is 19.1 Å². The molecule has 6 nitrogen and oxygen atoms in total. The lowest BCUT2D eigenvalue weighted by molar-refractivity contribution is -0.248. The fourth-order valence-electron chi connectivity index (χ4n) is 9.88. The summed E-state index contributed by atoms with van der Waals surface area (Å²) in [5, 5.41) is 22.6. The Balaban J connectivity index is 1.73. The molecule has 0 amide bonds. The average Bonchev–Trinajstić information content (AvgIpc) is 2.85. The predicted molar refractivity (Wildman–Crippen MR) is 142 cm³/mol. The number of hydrogen-bond donors (Lipinski definition) is 1. The van der Waals surface area contributed by atoms with Gasteiger partial charge in [0.2, 0.25) is 0 Å². The lowest BCUT2D eigenvalue weighted by Gasteiger charge is -2.70. The molecule has 5 aliphatic carbocycles. The Morgan fingerprint density at radius 1 is 1.11 bits per heavy atom. The normalized spacial score (nSPS) is 47.3. The first kappa shape index (κ1) is 27.3. The van der Waals surface area contributed by atoms with Crippen LogP contribution in [0.15, 0.2) is 23.3 Å². The number of nitriles is 1. The molecule has 3 fully saturated rings. The van der Waals surface area contributed by atoms with Crippen molar-refractivity contribution in [2.24, 2.45) is 44.8 Å². The summed E-state index contributed by atoms with van der Waals surface area (Å²) in [6.07, 6.45) is 8.10. The summed E-state index contributed by atoms with van der Waals surface area (Å²) >= 11 is 0. The van der Waals surface area contributed by atoms with Crippen LogP contribution in [0.4, 0.5) is 0 Å². The molecule has 0 heterocycles. The van der Waals surface area contributed by atoms with Crippen LogP contribution in [-0.4, -0.2) is 34.9 Å². The molecule has 6 heteroatoms. The van der Waals surface area contributed by atoms with Gasteiger partial charge in [0.15, 0.2) is 11.6 Å². The maximum absolute atomic E-state index is 14.4. The van der Waals surface area contributed by atoms with Crippen LogP contribution < -0.4 is 0 Å². The zero-order chi connectivity index (χ0) is 28.1. The molecule has 0 aromatic rings. The van der Waals surface area contributed by atoms with Crippen molar-refractivity contribution in [1.29, 1.82) is 5.26 Å². The molecule has 5 aliphatic rings. The molecular formula is C32H43NO5. The van der Waals surface area contributed by atoms with Gasteiger partial charge in [0.1, 0.15) is 11.7 Å². The quantitative estimate of drug-likeness (QED) is 0.482. The van der Waals surface area contributed by atoms with E-state index >= 15 is 0 Å². The van der Waals surface area contributed by atoms with Crippen LogP contribution >= 0.6 is 0 Å². The van der Waals surface area contributed by atoms with Gasteiger partial charge < -0.3 is 9.84 Å². The second-order valence-corrected chi connectivity index (χ2v) is 14.4. The molecule has 38 heavy (non-hydrogen) atoms. The lowest BCUT2D eigenvalue weighted by Crippen LogP contribution is -2.74. The van der Waals surface area contributed by atoms with Crippen molar-refractivity contribution < 1.29 is 24.2 Å². The third-order valence-corrected chi connectivity index (χ3v) is 12.4. The first-order valence-corrected chi connectivity index (χ1v) is 14.4. The van der Waals surface area contributed by atoms with Crippen LogP contribution in [0.1, 0.15) is 93.4 Å². The Labute approximate surface area is 226 Å². The Kier molecular flexibility index (Phi) is 5.84. The highest BCUT2D eigenvalue weighted by atomic mass is 16.5. The molecule has 0 unspecified atom stereocenters. The van der Waals surface area contributed by atoms with E-state index in [1.54, 1.807) is 19.1 Å². The summed E-state index contributed by atoms with van der Waals surface area (Å²) in [4.78, 5) is 40.9. The van der Waals surface area contributed by atoms with E-state index in [0.717, 1.165) is 24.8 Å². The van der Waals surface area contributed by atoms with Crippen molar-refractivity contribution in [2.75, 3.05) is 6.61 Å². The molecule has 1 N–H and O–H groups in total. The highest BCUT2D eigenvalue weighted by molar-refractivity contribution is 6.04. The van der Waals surface area contributed by atoms with Gasteiger partial charge in [0.05, 0.1) is 17.6 Å². The van der Waals surface area contributed by atoms with Crippen LogP contribution in [0.3, 0.4) is 0 Å². The Morgan fingerprint density at radius 2 is 1.76 bits per heavy atom. The molecule has 5 rings (SSSR count). The van der Waals surface area contributed by atoms with Crippen LogP contribution in [0.2, 0.25) is 0 Å². The minimum Gasteiger partial charge on any atom is -0.466 e. The Morgan fingerprint density at radius 3 is 2.39 bits per heavy atom. The molecule has 0 saturated heterocycles. The van der Waals surface area contributed by atoms with Crippen molar-refractivity contribution >= 4 is 17.5 Å². The number of aliphatic hydroxyl groups is 1. The fraction of sp³-hybridized carbons (Fsp3) is 0.750.